The molecule has 1 aromatic heterocycles. The van der Waals surface area contributed by atoms with E-state index in [4.69, 9.17) is 5.73 Å². The van der Waals surface area contributed by atoms with Crippen LogP contribution in [0.25, 0.3) is 0 Å². The van der Waals surface area contributed by atoms with Gasteiger partial charge in [-0.15, -0.1) is 0 Å². The van der Waals surface area contributed by atoms with Gasteiger partial charge in [-0.25, -0.2) is 13.1 Å². The van der Waals surface area contributed by atoms with E-state index in [-0.39, 0.29) is 11.4 Å². The largest absolute Gasteiger partial charge is 0.325 e. The van der Waals surface area contributed by atoms with E-state index >= 15 is 0 Å². The first-order valence-corrected chi connectivity index (χ1v) is 8.81. The number of aromatic amines is 1. The van der Waals surface area contributed by atoms with Crippen LogP contribution in [0.15, 0.2) is 4.90 Å². The average molecular weight is 315 g/mol. The fraction of sp³-hybridized carbons (Fsp3) is 0.769. The average Bonchev–Trinajstić information content (AvgIpc) is 3.03. The van der Waals surface area contributed by atoms with E-state index in [1.54, 1.807) is 6.92 Å². The summed E-state index contributed by atoms with van der Waals surface area (Å²) in [5.74, 6) is 0.357. The molecule has 4 N–H and O–H groups in total. The molecule has 1 saturated heterocycles. The van der Waals surface area contributed by atoms with E-state index in [1.807, 2.05) is 0 Å². The Balaban J connectivity index is 2.01. The van der Waals surface area contributed by atoms with Crippen molar-refractivity contribution in [2.75, 3.05) is 19.6 Å². The van der Waals surface area contributed by atoms with Crippen LogP contribution in [-0.2, 0) is 16.6 Å². The minimum absolute atomic E-state index is 0.102. The van der Waals surface area contributed by atoms with Crippen molar-refractivity contribution >= 4 is 10.0 Å². The second kappa shape index (κ2) is 6.43. The molecule has 0 spiro atoms. The monoisotopic (exact) mass is 315 g/mol. The molecule has 1 aliphatic heterocycles. The lowest BCUT2D eigenvalue weighted by atomic mass is 10.1. The first-order valence-electron chi connectivity index (χ1n) is 7.32. The number of aromatic nitrogens is 2. The van der Waals surface area contributed by atoms with Gasteiger partial charge >= 0.3 is 0 Å². The highest BCUT2D eigenvalue weighted by molar-refractivity contribution is 7.89. The van der Waals surface area contributed by atoms with Crippen molar-refractivity contribution in [3.63, 3.8) is 0 Å². The molecule has 0 saturated carbocycles. The third kappa shape index (κ3) is 3.63. The predicted molar refractivity (Wildman–Crippen MR) is 81.2 cm³/mol. The molecule has 2 heterocycles. The Morgan fingerprint density at radius 2 is 2.24 bits per heavy atom. The molecule has 21 heavy (non-hydrogen) atoms. The lowest BCUT2D eigenvalue weighted by molar-refractivity contribution is 0.265. The standard InChI is InChI=1S/C13H25N5O2S/c1-9(2)18-5-4-11(8-18)7-15-21(19,20)13-10(3)16-17-12(13)6-14/h9,11,15H,4-8,14H2,1-3H3,(H,16,17). The van der Waals surface area contributed by atoms with Crippen LogP contribution in [0.3, 0.4) is 0 Å². The van der Waals surface area contributed by atoms with Crippen LogP contribution in [0.4, 0.5) is 0 Å². The van der Waals surface area contributed by atoms with Crippen LogP contribution in [0, 0.1) is 12.8 Å². The topological polar surface area (TPSA) is 104 Å². The molecule has 1 atom stereocenters. The summed E-state index contributed by atoms with van der Waals surface area (Å²) in [5, 5.41) is 6.62. The molecule has 2 rings (SSSR count). The molecule has 8 heteroatoms. The van der Waals surface area contributed by atoms with Gasteiger partial charge in [0.05, 0.1) is 11.4 Å². The highest BCUT2D eigenvalue weighted by atomic mass is 32.2. The van der Waals surface area contributed by atoms with E-state index < -0.39 is 10.0 Å². The number of aryl methyl sites for hydroxylation is 1. The van der Waals surface area contributed by atoms with Crippen LogP contribution in [-0.4, -0.2) is 49.2 Å². The molecule has 1 unspecified atom stereocenters. The normalized spacial score (nSPS) is 20.5. The summed E-state index contributed by atoms with van der Waals surface area (Å²) in [6, 6.07) is 0.506. The second-order valence-corrected chi connectivity index (χ2v) is 7.63. The van der Waals surface area contributed by atoms with E-state index in [0.29, 0.717) is 29.9 Å². The highest BCUT2D eigenvalue weighted by Gasteiger charge is 2.28. The molecule has 1 aromatic rings. The van der Waals surface area contributed by atoms with Crippen molar-refractivity contribution in [2.45, 2.75) is 44.7 Å². The molecule has 0 bridgehead atoms. The maximum atomic E-state index is 12.4. The van der Waals surface area contributed by atoms with E-state index in [1.165, 1.54) is 0 Å². The van der Waals surface area contributed by atoms with Gasteiger partial charge in [0.25, 0.3) is 0 Å². The summed E-state index contributed by atoms with van der Waals surface area (Å²) in [6.07, 6.45) is 1.02. The summed E-state index contributed by atoms with van der Waals surface area (Å²) in [7, 11) is -3.56. The van der Waals surface area contributed by atoms with Gasteiger partial charge in [0.1, 0.15) is 4.90 Å². The molecule has 1 fully saturated rings. The Labute approximate surface area is 126 Å². The van der Waals surface area contributed by atoms with Crippen molar-refractivity contribution < 1.29 is 8.42 Å². The van der Waals surface area contributed by atoms with Crippen molar-refractivity contribution in [1.82, 2.24) is 19.8 Å². The molecule has 0 aromatic carbocycles. The molecule has 120 valence electrons. The van der Waals surface area contributed by atoms with Crippen molar-refractivity contribution in [3.05, 3.63) is 11.4 Å². The van der Waals surface area contributed by atoms with Gasteiger partial charge in [0.2, 0.25) is 10.0 Å². The van der Waals surface area contributed by atoms with E-state index in [0.717, 1.165) is 19.5 Å². The van der Waals surface area contributed by atoms with Gasteiger partial charge < -0.3 is 10.6 Å². The summed E-state index contributed by atoms with van der Waals surface area (Å²) >= 11 is 0. The van der Waals surface area contributed by atoms with Gasteiger partial charge in [-0.2, -0.15) is 5.10 Å². The third-order valence-corrected chi connectivity index (χ3v) is 5.66. The van der Waals surface area contributed by atoms with Gasteiger partial charge in [0.15, 0.2) is 0 Å². The van der Waals surface area contributed by atoms with Crippen LogP contribution in [0.5, 0.6) is 0 Å². The molecular formula is C13H25N5O2S. The van der Waals surface area contributed by atoms with E-state index in [2.05, 4.69) is 33.7 Å². The molecular weight excluding hydrogens is 290 g/mol. The number of hydrogen-bond donors (Lipinski definition) is 3. The minimum Gasteiger partial charge on any atom is -0.325 e. The first kappa shape index (κ1) is 16.4. The van der Waals surface area contributed by atoms with Crippen LogP contribution in [0.1, 0.15) is 31.7 Å². The number of sulfonamides is 1. The van der Waals surface area contributed by atoms with Gasteiger partial charge in [-0.05, 0) is 39.7 Å². The summed E-state index contributed by atoms with van der Waals surface area (Å²) in [6.45, 7) is 8.54. The molecule has 1 aliphatic rings. The lowest BCUT2D eigenvalue weighted by Crippen LogP contribution is -2.33. The van der Waals surface area contributed by atoms with Crippen molar-refractivity contribution in [3.8, 4) is 0 Å². The first-order chi connectivity index (χ1) is 9.85. The lowest BCUT2D eigenvalue weighted by Gasteiger charge is -2.20. The van der Waals surface area contributed by atoms with Crippen LogP contribution >= 0.6 is 0 Å². The zero-order valence-electron chi connectivity index (χ0n) is 12.9. The maximum absolute atomic E-state index is 12.4. The fourth-order valence-electron chi connectivity index (χ4n) is 2.76. The SMILES string of the molecule is Cc1[nH]nc(CN)c1S(=O)(=O)NCC1CCN(C(C)C)C1. The molecule has 0 amide bonds. The van der Waals surface area contributed by atoms with Crippen molar-refractivity contribution in [2.24, 2.45) is 11.7 Å². The number of rotatable bonds is 6. The maximum Gasteiger partial charge on any atom is 0.244 e. The zero-order chi connectivity index (χ0) is 15.6. The zero-order valence-corrected chi connectivity index (χ0v) is 13.7. The smallest absolute Gasteiger partial charge is 0.244 e. The molecule has 0 aliphatic carbocycles. The second-order valence-electron chi connectivity index (χ2n) is 5.92. The fourth-order valence-corrected chi connectivity index (χ4v) is 4.25. The number of nitrogens with two attached hydrogens (primary N) is 1. The van der Waals surface area contributed by atoms with Gasteiger partial charge in [-0.1, -0.05) is 0 Å². The van der Waals surface area contributed by atoms with Gasteiger partial charge in [-0.3, -0.25) is 5.10 Å². The number of likely N-dealkylation sites (tertiary alicyclic amines) is 1. The minimum atomic E-state index is -3.56. The Morgan fingerprint density at radius 3 is 2.81 bits per heavy atom. The number of hydrogen-bond acceptors (Lipinski definition) is 5. The molecule has 0 radical (unpaired) electrons. The van der Waals surface area contributed by atoms with Crippen LogP contribution in [0.2, 0.25) is 0 Å². The Bertz CT molecular complexity index is 581. The van der Waals surface area contributed by atoms with Crippen LogP contribution < -0.4 is 10.5 Å². The highest BCUT2D eigenvalue weighted by Crippen LogP contribution is 2.20. The predicted octanol–water partition coefficient (Wildman–Crippen LogP) is 0.185. The third-order valence-electron chi connectivity index (χ3n) is 4.03. The van der Waals surface area contributed by atoms with Gasteiger partial charge in [0, 0.05) is 25.7 Å². The summed E-state index contributed by atoms with van der Waals surface area (Å²) in [4.78, 5) is 2.57. The van der Waals surface area contributed by atoms with Crippen molar-refractivity contribution in [1.29, 1.82) is 0 Å². The number of H-pyrrole nitrogens is 1. The summed E-state index contributed by atoms with van der Waals surface area (Å²) in [5.41, 5.74) is 6.46. The summed E-state index contributed by atoms with van der Waals surface area (Å²) < 4.78 is 27.6. The van der Waals surface area contributed by atoms with E-state index in [9.17, 15) is 8.42 Å². The quantitative estimate of drug-likeness (QED) is 0.695. The number of nitrogens with one attached hydrogen (secondary N) is 2. The Morgan fingerprint density at radius 1 is 1.52 bits per heavy atom. The number of nitrogens with zero attached hydrogens (tertiary/aromatic N) is 2. The Kier molecular flexibility index (Phi) is 5.03. The Hall–Kier alpha value is -0.960. The molecule has 7 nitrogen and oxygen atoms in total.